The summed E-state index contributed by atoms with van der Waals surface area (Å²) >= 11 is 0. The molecule has 0 fully saturated rings. The number of aryl methyl sites for hydroxylation is 1. The topological polar surface area (TPSA) is 95.1 Å². The van der Waals surface area contributed by atoms with E-state index in [0.717, 1.165) is 29.7 Å². The molecular formula is C16H21N3O3. The van der Waals surface area contributed by atoms with Crippen molar-refractivity contribution in [3.05, 3.63) is 30.1 Å². The van der Waals surface area contributed by atoms with E-state index in [9.17, 15) is 9.59 Å². The van der Waals surface area contributed by atoms with Crippen LogP contribution in [0.4, 0.5) is 0 Å². The van der Waals surface area contributed by atoms with E-state index in [2.05, 4.69) is 15.3 Å². The van der Waals surface area contributed by atoms with Gasteiger partial charge >= 0.3 is 5.97 Å². The zero-order valence-electron chi connectivity index (χ0n) is 12.6. The first-order valence-electron chi connectivity index (χ1n) is 7.56. The van der Waals surface area contributed by atoms with Gasteiger partial charge in [0.2, 0.25) is 5.91 Å². The average molecular weight is 303 g/mol. The summed E-state index contributed by atoms with van der Waals surface area (Å²) in [5.41, 5.74) is 1.80. The minimum absolute atomic E-state index is 0.218. The van der Waals surface area contributed by atoms with Crippen molar-refractivity contribution in [2.45, 2.75) is 45.1 Å². The normalized spacial score (nSPS) is 12.2. The summed E-state index contributed by atoms with van der Waals surface area (Å²) < 4.78 is 0. The fourth-order valence-corrected chi connectivity index (χ4v) is 2.29. The summed E-state index contributed by atoms with van der Waals surface area (Å²) in [7, 11) is 0. The van der Waals surface area contributed by atoms with Crippen LogP contribution < -0.4 is 5.32 Å². The standard InChI is InChI=1S/C16H21N3O3/c1-2-3-6-13(16(21)22)19-15(20)10-9-14-17-11-7-4-5-8-12(11)18-14/h4-5,7-8,13H,2-3,6,9-10H2,1H3,(H,17,18)(H,19,20)(H,21,22). The molecule has 0 bridgehead atoms. The van der Waals surface area contributed by atoms with Crippen LogP contribution in [0, 0.1) is 0 Å². The summed E-state index contributed by atoms with van der Waals surface area (Å²) in [6.07, 6.45) is 2.82. The van der Waals surface area contributed by atoms with E-state index in [1.807, 2.05) is 31.2 Å². The predicted octanol–water partition coefficient (Wildman–Crippen LogP) is 2.26. The molecule has 1 aromatic carbocycles. The molecule has 0 saturated carbocycles. The van der Waals surface area contributed by atoms with Gasteiger partial charge in [0, 0.05) is 12.8 Å². The van der Waals surface area contributed by atoms with Gasteiger partial charge < -0.3 is 15.4 Å². The number of para-hydroxylation sites is 2. The SMILES string of the molecule is CCCCC(NC(=O)CCc1nc2ccccc2[nH]1)C(=O)O. The van der Waals surface area contributed by atoms with Gasteiger partial charge in [0.05, 0.1) is 11.0 Å². The molecule has 6 heteroatoms. The molecular weight excluding hydrogens is 282 g/mol. The van der Waals surface area contributed by atoms with E-state index in [4.69, 9.17) is 5.11 Å². The van der Waals surface area contributed by atoms with Gasteiger partial charge in [-0.1, -0.05) is 31.9 Å². The van der Waals surface area contributed by atoms with Crippen LogP contribution in [0.15, 0.2) is 24.3 Å². The van der Waals surface area contributed by atoms with Crippen LogP contribution in [0.2, 0.25) is 0 Å². The maximum atomic E-state index is 11.9. The van der Waals surface area contributed by atoms with Gasteiger partial charge in [-0.2, -0.15) is 0 Å². The summed E-state index contributed by atoms with van der Waals surface area (Å²) in [5.74, 6) is -0.508. The molecule has 1 amide bonds. The first-order chi connectivity index (χ1) is 10.6. The predicted molar refractivity (Wildman–Crippen MR) is 83.5 cm³/mol. The Morgan fingerprint density at radius 3 is 2.82 bits per heavy atom. The molecule has 1 heterocycles. The second-order valence-electron chi connectivity index (χ2n) is 5.30. The van der Waals surface area contributed by atoms with Crippen molar-refractivity contribution in [1.29, 1.82) is 0 Å². The fourth-order valence-electron chi connectivity index (χ4n) is 2.29. The van der Waals surface area contributed by atoms with E-state index in [-0.39, 0.29) is 12.3 Å². The smallest absolute Gasteiger partial charge is 0.326 e. The second kappa shape index (κ2) is 7.59. The number of aromatic amines is 1. The highest BCUT2D eigenvalue weighted by Gasteiger charge is 2.19. The largest absolute Gasteiger partial charge is 0.480 e. The summed E-state index contributed by atoms with van der Waals surface area (Å²) in [6.45, 7) is 1.99. The van der Waals surface area contributed by atoms with Crippen LogP contribution >= 0.6 is 0 Å². The lowest BCUT2D eigenvalue weighted by Gasteiger charge is -2.13. The number of fused-ring (bicyclic) bond motifs is 1. The van der Waals surface area contributed by atoms with Crippen LogP contribution in [0.25, 0.3) is 11.0 Å². The fraction of sp³-hybridized carbons (Fsp3) is 0.438. The summed E-state index contributed by atoms with van der Waals surface area (Å²) in [6, 6.07) is 6.85. The lowest BCUT2D eigenvalue weighted by atomic mass is 10.1. The molecule has 0 aliphatic rings. The number of carboxylic acids is 1. The number of amides is 1. The molecule has 1 atom stereocenters. The highest BCUT2D eigenvalue weighted by atomic mass is 16.4. The molecule has 0 saturated heterocycles. The quantitative estimate of drug-likeness (QED) is 0.697. The van der Waals surface area contributed by atoms with Gasteiger partial charge in [0.1, 0.15) is 11.9 Å². The molecule has 0 aliphatic carbocycles. The zero-order chi connectivity index (χ0) is 15.9. The van der Waals surface area contributed by atoms with Crippen molar-refractivity contribution in [1.82, 2.24) is 15.3 Å². The maximum Gasteiger partial charge on any atom is 0.326 e. The number of hydrogen-bond donors (Lipinski definition) is 3. The molecule has 118 valence electrons. The molecule has 2 aromatic rings. The highest BCUT2D eigenvalue weighted by Crippen LogP contribution is 2.11. The van der Waals surface area contributed by atoms with Gasteiger partial charge in [0.25, 0.3) is 0 Å². The Morgan fingerprint density at radius 2 is 2.14 bits per heavy atom. The Morgan fingerprint density at radius 1 is 1.36 bits per heavy atom. The van der Waals surface area contributed by atoms with Crippen molar-refractivity contribution in [2.24, 2.45) is 0 Å². The number of imidazole rings is 1. The number of H-pyrrole nitrogens is 1. The molecule has 1 unspecified atom stereocenters. The van der Waals surface area contributed by atoms with E-state index in [0.29, 0.717) is 12.8 Å². The third-order valence-electron chi connectivity index (χ3n) is 3.51. The number of carboxylic acid groups (broad SMARTS) is 1. The molecule has 3 N–H and O–H groups in total. The Balaban J connectivity index is 1.87. The number of unbranched alkanes of at least 4 members (excludes halogenated alkanes) is 1. The van der Waals surface area contributed by atoms with Crippen LogP contribution in [-0.2, 0) is 16.0 Å². The van der Waals surface area contributed by atoms with Gasteiger partial charge in [0.15, 0.2) is 0 Å². The second-order valence-corrected chi connectivity index (χ2v) is 5.30. The van der Waals surface area contributed by atoms with Gasteiger partial charge in [-0.15, -0.1) is 0 Å². The first-order valence-corrected chi connectivity index (χ1v) is 7.56. The van der Waals surface area contributed by atoms with E-state index in [1.165, 1.54) is 0 Å². The molecule has 0 aliphatic heterocycles. The Kier molecular flexibility index (Phi) is 5.52. The van der Waals surface area contributed by atoms with Crippen molar-refractivity contribution >= 4 is 22.9 Å². The van der Waals surface area contributed by atoms with Crippen LogP contribution in [-0.4, -0.2) is 33.0 Å². The zero-order valence-corrected chi connectivity index (χ0v) is 12.6. The number of hydrogen-bond acceptors (Lipinski definition) is 3. The van der Waals surface area contributed by atoms with Crippen molar-refractivity contribution in [3.8, 4) is 0 Å². The number of nitrogens with one attached hydrogen (secondary N) is 2. The van der Waals surface area contributed by atoms with Gasteiger partial charge in [-0.05, 0) is 18.6 Å². The van der Waals surface area contributed by atoms with Crippen molar-refractivity contribution in [2.75, 3.05) is 0 Å². The maximum absolute atomic E-state index is 11.9. The number of rotatable bonds is 8. The Hall–Kier alpha value is -2.37. The molecule has 6 nitrogen and oxygen atoms in total. The highest BCUT2D eigenvalue weighted by molar-refractivity contribution is 5.83. The van der Waals surface area contributed by atoms with Crippen LogP contribution in [0.5, 0.6) is 0 Å². The molecule has 0 radical (unpaired) electrons. The van der Waals surface area contributed by atoms with Gasteiger partial charge in [-0.3, -0.25) is 4.79 Å². The number of carbonyl (C=O) groups excluding carboxylic acids is 1. The number of benzene rings is 1. The summed E-state index contributed by atoms with van der Waals surface area (Å²) in [5, 5.41) is 11.7. The molecule has 22 heavy (non-hydrogen) atoms. The summed E-state index contributed by atoms with van der Waals surface area (Å²) in [4.78, 5) is 30.5. The molecule has 0 spiro atoms. The van der Waals surface area contributed by atoms with Crippen LogP contribution in [0.3, 0.4) is 0 Å². The number of aromatic nitrogens is 2. The minimum Gasteiger partial charge on any atom is -0.480 e. The third-order valence-corrected chi connectivity index (χ3v) is 3.51. The minimum atomic E-state index is -0.981. The number of nitrogens with zero attached hydrogens (tertiary/aromatic N) is 1. The van der Waals surface area contributed by atoms with Crippen molar-refractivity contribution in [3.63, 3.8) is 0 Å². The monoisotopic (exact) mass is 303 g/mol. The third kappa shape index (κ3) is 4.31. The van der Waals surface area contributed by atoms with Crippen molar-refractivity contribution < 1.29 is 14.7 Å². The van der Waals surface area contributed by atoms with Crippen LogP contribution in [0.1, 0.15) is 38.4 Å². The Labute approximate surface area is 128 Å². The first kappa shape index (κ1) is 16.0. The van der Waals surface area contributed by atoms with E-state index < -0.39 is 12.0 Å². The van der Waals surface area contributed by atoms with E-state index >= 15 is 0 Å². The Bertz CT molecular complexity index is 618. The van der Waals surface area contributed by atoms with Gasteiger partial charge in [-0.25, -0.2) is 9.78 Å². The average Bonchev–Trinajstić information content (AvgIpc) is 2.92. The lowest BCUT2D eigenvalue weighted by molar-refractivity contribution is -0.142. The molecule has 2 rings (SSSR count). The number of carbonyl (C=O) groups is 2. The lowest BCUT2D eigenvalue weighted by Crippen LogP contribution is -2.40. The number of aliphatic carboxylic acids is 1. The molecule has 1 aromatic heterocycles. The van der Waals surface area contributed by atoms with E-state index in [1.54, 1.807) is 0 Å².